The van der Waals surface area contributed by atoms with Gasteiger partial charge in [0.15, 0.2) is 0 Å². The van der Waals surface area contributed by atoms with E-state index in [2.05, 4.69) is 11.8 Å². The van der Waals surface area contributed by atoms with Gasteiger partial charge in [0.25, 0.3) is 0 Å². The van der Waals surface area contributed by atoms with Crippen molar-refractivity contribution < 1.29 is 9.90 Å². The molecule has 0 aliphatic carbocycles. The third kappa shape index (κ3) is 2.52. The quantitative estimate of drug-likeness (QED) is 0.800. The second-order valence-electron chi connectivity index (χ2n) is 4.52. The first kappa shape index (κ1) is 11.8. The zero-order valence-electron chi connectivity index (χ0n) is 10.3. The Kier molecular flexibility index (Phi) is 3.22. The van der Waals surface area contributed by atoms with Crippen molar-refractivity contribution in [2.75, 3.05) is 24.5 Å². The van der Waals surface area contributed by atoms with Gasteiger partial charge in [-0.3, -0.25) is 4.79 Å². The lowest BCUT2D eigenvalue weighted by Gasteiger charge is -2.41. The molecule has 1 aromatic carbocycles. The highest BCUT2D eigenvalue weighted by molar-refractivity contribution is 5.73. The third-order valence-electron chi connectivity index (χ3n) is 3.25. The molecule has 4 heteroatoms. The van der Waals surface area contributed by atoms with E-state index in [4.69, 9.17) is 0 Å². The first-order chi connectivity index (χ1) is 8.08. The van der Waals surface area contributed by atoms with Crippen LogP contribution in [0.2, 0.25) is 0 Å². The van der Waals surface area contributed by atoms with Crippen LogP contribution in [-0.2, 0) is 4.79 Å². The number of piperazine rings is 1. The SMILES string of the molecule is CC(=O)N1CCN(c2ccc(O)cc2)C(C)C1. The molecule has 0 spiro atoms. The van der Waals surface area contributed by atoms with Gasteiger partial charge in [-0.2, -0.15) is 0 Å². The molecule has 4 nitrogen and oxygen atoms in total. The fourth-order valence-electron chi connectivity index (χ4n) is 2.27. The van der Waals surface area contributed by atoms with Gasteiger partial charge in [-0.15, -0.1) is 0 Å². The maximum absolute atomic E-state index is 11.3. The molecule has 92 valence electrons. The van der Waals surface area contributed by atoms with E-state index < -0.39 is 0 Å². The van der Waals surface area contributed by atoms with Crippen molar-refractivity contribution in [3.8, 4) is 5.75 Å². The molecule has 1 N–H and O–H groups in total. The zero-order valence-corrected chi connectivity index (χ0v) is 10.3. The number of nitrogens with zero attached hydrogens (tertiary/aromatic N) is 2. The van der Waals surface area contributed by atoms with Gasteiger partial charge < -0.3 is 14.9 Å². The summed E-state index contributed by atoms with van der Waals surface area (Å²) in [4.78, 5) is 15.4. The maximum atomic E-state index is 11.3. The number of hydrogen-bond donors (Lipinski definition) is 1. The summed E-state index contributed by atoms with van der Waals surface area (Å²) in [5.74, 6) is 0.422. The highest BCUT2D eigenvalue weighted by atomic mass is 16.3. The van der Waals surface area contributed by atoms with Crippen molar-refractivity contribution in [1.29, 1.82) is 0 Å². The predicted molar refractivity (Wildman–Crippen MR) is 67.2 cm³/mol. The molecule has 0 bridgehead atoms. The number of phenolic OH excluding ortho intramolecular Hbond substituents is 1. The number of benzene rings is 1. The van der Waals surface area contributed by atoms with Crippen LogP contribution in [0.1, 0.15) is 13.8 Å². The summed E-state index contributed by atoms with van der Waals surface area (Å²) in [7, 11) is 0. The Balaban J connectivity index is 2.09. The number of aromatic hydroxyl groups is 1. The third-order valence-corrected chi connectivity index (χ3v) is 3.25. The molecule has 1 aromatic rings. The van der Waals surface area contributed by atoms with Crippen LogP contribution in [0.3, 0.4) is 0 Å². The number of phenols is 1. The Hall–Kier alpha value is -1.71. The van der Waals surface area contributed by atoms with Gasteiger partial charge in [-0.1, -0.05) is 0 Å². The Morgan fingerprint density at radius 3 is 2.47 bits per heavy atom. The van der Waals surface area contributed by atoms with Crippen LogP contribution >= 0.6 is 0 Å². The van der Waals surface area contributed by atoms with E-state index in [9.17, 15) is 9.90 Å². The van der Waals surface area contributed by atoms with Crippen LogP contribution in [0.25, 0.3) is 0 Å². The van der Waals surface area contributed by atoms with Gasteiger partial charge in [-0.05, 0) is 31.2 Å². The Morgan fingerprint density at radius 1 is 1.29 bits per heavy atom. The normalized spacial score (nSPS) is 20.5. The first-order valence-electron chi connectivity index (χ1n) is 5.89. The molecule has 1 fully saturated rings. The van der Waals surface area contributed by atoms with E-state index in [1.165, 1.54) is 0 Å². The molecule has 1 aliphatic rings. The van der Waals surface area contributed by atoms with E-state index >= 15 is 0 Å². The van der Waals surface area contributed by atoms with E-state index in [0.717, 1.165) is 25.3 Å². The lowest BCUT2D eigenvalue weighted by Crippen LogP contribution is -2.53. The molecule has 1 unspecified atom stereocenters. The Morgan fingerprint density at radius 2 is 1.94 bits per heavy atom. The first-order valence-corrected chi connectivity index (χ1v) is 5.89. The van der Waals surface area contributed by atoms with Crippen LogP contribution in [0.15, 0.2) is 24.3 Å². The smallest absolute Gasteiger partial charge is 0.219 e. The predicted octanol–water partition coefficient (Wildman–Crippen LogP) is 1.45. The molecule has 1 amide bonds. The summed E-state index contributed by atoms with van der Waals surface area (Å²) in [5, 5.41) is 9.26. The molecule has 0 saturated carbocycles. The molecular formula is C13H18N2O2. The molecule has 1 aliphatic heterocycles. The molecule has 1 atom stereocenters. The van der Waals surface area contributed by atoms with E-state index in [1.54, 1.807) is 19.1 Å². The number of anilines is 1. The van der Waals surface area contributed by atoms with Crippen LogP contribution in [-0.4, -0.2) is 41.6 Å². The van der Waals surface area contributed by atoms with E-state index in [-0.39, 0.29) is 11.7 Å². The molecule has 1 heterocycles. The van der Waals surface area contributed by atoms with Gasteiger partial charge >= 0.3 is 0 Å². The lowest BCUT2D eigenvalue weighted by molar-refractivity contribution is -0.129. The largest absolute Gasteiger partial charge is 0.508 e. The molecule has 0 aromatic heterocycles. The van der Waals surface area contributed by atoms with Crippen molar-refractivity contribution in [1.82, 2.24) is 4.90 Å². The standard InChI is InChI=1S/C13H18N2O2/c1-10-9-14(11(2)16)7-8-15(10)12-3-5-13(17)6-4-12/h3-6,10,17H,7-9H2,1-2H3. The molecule has 0 radical (unpaired) electrons. The highest BCUT2D eigenvalue weighted by Crippen LogP contribution is 2.22. The van der Waals surface area contributed by atoms with Gasteiger partial charge in [0.05, 0.1) is 0 Å². The summed E-state index contributed by atoms with van der Waals surface area (Å²) in [6, 6.07) is 7.51. The van der Waals surface area contributed by atoms with Gasteiger partial charge in [-0.25, -0.2) is 0 Å². The summed E-state index contributed by atoms with van der Waals surface area (Å²) in [6.45, 7) is 6.09. The van der Waals surface area contributed by atoms with Crippen molar-refractivity contribution in [3.63, 3.8) is 0 Å². The van der Waals surface area contributed by atoms with E-state index in [0.29, 0.717) is 6.04 Å². The average molecular weight is 234 g/mol. The molecule has 1 saturated heterocycles. The highest BCUT2D eigenvalue weighted by Gasteiger charge is 2.24. The minimum atomic E-state index is 0.141. The number of carbonyl (C=O) groups excluding carboxylic acids is 1. The van der Waals surface area contributed by atoms with Crippen LogP contribution in [0.4, 0.5) is 5.69 Å². The van der Waals surface area contributed by atoms with E-state index in [1.807, 2.05) is 17.0 Å². The topological polar surface area (TPSA) is 43.8 Å². The van der Waals surface area contributed by atoms with Crippen molar-refractivity contribution in [2.24, 2.45) is 0 Å². The fraction of sp³-hybridized carbons (Fsp3) is 0.462. The summed E-state index contributed by atoms with van der Waals surface area (Å²) < 4.78 is 0. The van der Waals surface area contributed by atoms with Crippen LogP contribution in [0, 0.1) is 0 Å². The molecule has 17 heavy (non-hydrogen) atoms. The lowest BCUT2D eigenvalue weighted by atomic mass is 10.1. The minimum Gasteiger partial charge on any atom is -0.508 e. The van der Waals surface area contributed by atoms with Gasteiger partial charge in [0.1, 0.15) is 5.75 Å². The van der Waals surface area contributed by atoms with Crippen LogP contribution < -0.4 is 4.90 Å². The Bertz CT molecular complexity index is 402. The van der Waals surface area contributed by atoms with Crippen molar-refractivity contribution in [2.45, 2.75) is 19.9 Å². The molecular weight excluding hydrogens is 216 g/mol. The Labute approximate surface area is 101 Å². The second-order valence-corrected chi connectivity index (χ2v) is 4.52. The fourth-order valence-corrected chi connectivity index (χ4v) is 2.27. The van der Waals surface area contributed by atoms with Crippen molar-refractivity contribution in [3.05, 3.63) is 24.3 Å². The number of rotatable bonds is 1. The molecule has 2 rings (SSSR count). The average Bonchev–Trinajstić information content (AvgIpc) is 2.30. The maximum Gasteiger partial charge on any atom is 0.219 e. The number of carbonyl (C=O) groups is 1. The van der Waals surface area contributed by atoms with Gasteiger partial charge in [0, 0.05) is 38.3 Å². The minimum absolute atomic E-state index is 0.141. The summed E-state index contributed by atoms with van der Waals surface area (Å²) >= 11 is 0. The summed E-state index contributed by atoms with van der Waals surface area (Å²) in [5.41, 5.74) is 1.10. The number of hydrogen-bond acceptors (Lipinski definition) is 3. The van der Waals surface area contributed by atoms with Crippen molar-refractivity contribution >= 4 is 11.6 Å². The summed E-state index contributed by atoms with van der Waals surface area (Å²) in [6.07, 6.45) is 0. The monoisotopic (exact) mass is 234 g/mol. The number of amides is 1. The van der Waals surface area contributed by atoms with Gasteiger partial charge in [0.2, 0.25) is 5.91 Å². The zero-order chi connectivity index (χ0) is 12.4. The second kappa shape index (κ2) is 4.65. The van der Waals surface area contributed by atoms with Crippen LogP contribution in [0.5, 0.6) is 5.75 Å².